The highest BCUT2D eigenvalue weighted by Gasteiger charge is 2.26. The Hall–Kier alpha value is -1.32. The Kier molecular flexibility index (Phi) is 3.10. The molecule has 1 fully saturated rings. The maximum Gasteiger partial charge on any atom is 0.0645 e. The van der Waals surface area contributed by atoms with Gasteiger partial charge in [0.2, 0.25) is 0 Å². The molecule has 3 nitrogen and oxygen atoms in total. The van der Waals surface area contributed by atoms with E-state index in [9.17, 15) is 0 Å². The Morgan fingerprint density at radius 1 is 1.39 bits per heavy atom. The second-order valence-corrected chi connectivity index (χ2v) is 5.43. The number of aromatic amines is 1. The van der Waals surface area contributed by atoms with Crippen molar-refractivity contribution in [2.45, 2.75) is 31.8 Å². The maximum absolute atomic E-state index is 5.58. The van der Waals surface area contributed by atoms with Crippen LogP contribution in [0.15, 0.2) is 30.5 Å². The van der Waals surface area contributed by atoms with Crippen molar-refractivity contribution in [2.24, 2.45) is 0 Å². The molecule has 2 heterocycles. The monoisotopic (exact) mass is 244 g/mol. The molecule has 1 aliphatic heterocycles. The first-order chi connectivity index (χ1) is 8.77. The lowest BCUT2D eigenvalue weighted by Crippen LogP contribution is -2.48. The summed E-state index contributed by atoms with van der Waals surface area (Å²) < 4.78 is 5.58. The molecule has 1 unspecified atom stereocenters. The first kappa shape index (κ1) is 11.8. The molecule has 3 heteroatoms. The molecule has 0 spiro atoms. The second-order valence-electron chi connectivity index (χ2n) is 5.43. The van der Waals surface area contributed by atoms with Crippen LogP contribution >= 0.6 is 0 Å². The predicted octanol–water partition coefficient (Wildman–Crippen LogP) is 2.83. The number of rotatable bonds is 3. The molecule has 0 saturated carbocycles. The van der Waals surface area contributed by atoms with Gasteiger partial charge in [0.15, 0.2) is 0 Å². The number of nitrogens with one attached hydrogen (secondary N) is 2. The third kappa shape index (κ3) is 2.28. The molecule has 0 radical (unpaired) electrons. The minimum atomic E-state index is 0.118. The van der Waals surface area contributed by atoms with Gasteiger partial charge in [0.05, 0.1) is 6.61 Å². The zero-order valence-electron chi connectivity index (χ0n) is 10.8. The summed E-state index contributed by atoms with van der Waals surface area (Å²) in [4.78, 5) is 3.32. The highest BCUT2D eigenvalue weighted by Crippen LogP contribution is 2.21. The van der Waals surface area contributed by atoms with Crippen LogP contribution in [0.5, 0.6) is 0 Å². The van der Waals surface area contributed by atoms with E-state index < -0.39 is 0 Å². The van der Waals surface area contributed by atoms with Gasteiger partial charge in [-0.05, 0) is 36.8 Å². The molecule has 2 N–H and O–H groups in total. The van der Waals surface area contributed by atoms with E-state index in [1.807, 2.05) is 6.20 Å². The number of hydrogen-bond donors (Lipinski definition) is 2. The zero-order chi connectivity index (χ0) is 12.4. The van der Waals surface area contributed by atoms with Crippen LogP contribution in [0.25, 0.3) is 10.9 Å². The third-order valence-corrected chi connectivity index (χ3v) is 3.82. The average molecular weight is 244 g/mol. The molecule has 1 aliphatic rings. The van der Waals surface area contributed by atoms with Crippen LogP contribution in [0.2, 0.25) is 0 Å². The molecule has 96 valence electrons. The standard InChI is InChI=1S/C15H20N2O/c1-15(7-3-9-18-11-15)17-10-13-5-2-4-12-6-8-16-14(12)13/h2,4-6,8,16-17H,3,7,9-11H2,1H3. The summed E-state index contributed by atoms with van der Waals surface area (Å²) in [6, 6.07) is 8.55. The van der Waals surface area contributed by atoms with Crippen LogP contribution in [-0.4, -0.2) is 23.7 Å². The van der Waals surface area contributed by atoms with E-state index in [1.54, 1.807) is 0 Å². The molecule has 0 amide bonds. The lowest BCUT2D eigenvalue weighted by Gasteiger charge is -2.34. The molecule has 1 saturated heterocycles. The summed E-state index contributed by atoms with van der Waals surface area (Å²) in [7, 11) is 0. The van der Waals surface area contributed by atoms with Crippen molar-refractivity contribution in [2.75, 3.05) is 13.2 Å². The lowest BCUT2D eigenvalue weighted by molar-refractivity contribution is 0.0278. The Bertz CT molecular complexity index is 526. The van der Waals surface area contributed by atoms with Crippen molar-refractivity contribution in [3.63, 3.8) is 0 Å². The topological polar surface area (TPSA) is 37.0 Å². The molecule has 0 aliphatic carbocycles. The van der Waals surface area contributed by atoms with E-state index in [0.717, 1.165) is 26.2 Å². The van der Waals surface area contributed by atoms with Crippen LogP contribution < -0.4 is 5.32 Å². The van der Waals surface area contributed by atoms with Gasteiger partial charge >= 0.3 is 0 Å². The van der Waals surface area contributed by atoms with Crippen molar-refractivity contribution in [1.29, 1.82) is 0 Å². The molecule has 1 aromatic carbocycles. The lowest BCUT2D eigenvalue weighted by atomic mass is 9.94. The summed E-state index contributed by atoms with van der Waals surface area (Å²) in [5.41, 5.74) is 2.68. The quantitative estimate of drug-likeness (QED) is 0.871. The van der Waals surface area contributed by atoms with E-state index >= 15 is 0 Å². The largest absolute Gasteiger partial charge is 0.380 e. The van der Waals surface area contributed by atoms with Crippen LogP contribution in [0, 0.1) is 0 Å². The Balaban J connectivity index is 1.74. The minimum Gasteiger partial charge on any atom is -0.380 e. The molecular formula is C15H20N2O. The van der Waals surface area contributed by atoms with Crippen molar-refractivity contribution >= 4 is 10.9 Å². The number of aromatic nitrogens is 1. The highest BCUT2D eigenvalue weighted by molar-refractivity contribution is 5.82. The van der Waals surface area contributed by atoms with Crippen LogP contribution in [-0.2, 0) is 11.3 Å². The van der Waals surface area contributed by atoms with Crippen LogP contribution in [0.1, 0.15) is 25.3 Å². The maximum atomic E-state index is 5.58. The summed E-state index contributed by atoms with van der Waals surface area (Å²) in [5.74, 6) is 0. The first-order valence-electron chi connectivity index (χ1n) is 6.65. The number of H-pyrrole nitrogens is 1. The molecule has 3 rings (SSSR count). The van der Waals surface area contributed by atoms with Gasteiger partial charge in [0.1, 0.15) is 0 Å². The summed E-state index contributed by atoms with van der Waals surface area (Å²) >= 11 is 0. The number of fused-ring (bicyclic) bond motifs is 1. The number of benzene rings is 1. The molecule has 1 atom stereocenters. The van der Waals surface area contributed by atoms with Crippen molar-refractivity contribution in [1.82, 2.24) is 10.3 Å². The van der Waals surface area contributed by atoms with Gasteiger partial charge in [-0.3, -0.25) is 0 Å². The number of para-hydroxylation sites is 1. The van der Waals surface area contributed by atoms with E-state index in [0.29, 0.717) is 0 Å². The molecule has 1 aromatic heterocycles. The summed E-state index contributed by atoms with van der Waals surface area (Å²) in [6.07, 6.45) is 4.34. The van der Waals surface area contributed by atoms with Crippen molar-refractivity contribution in [3.05, 3.63) is 36.0 Å². The fraction of sp³-hybridized carbons (Fsp3) is 0.467. The van der Waals surface area contributed by atoms with Gasteiger partial charge in [-0.1, -0.05) is 18.2 Å². The molecule has 18 heavy (non-hydrogen) atoms. The van der Waals surface area contributed by atoms with E-state index in [4.69, 9.17) is 4.74 Å². The predicted molar refractivity (Wildman–Crippen MR) is 73.6 cm³/mol. The highest BCUT2D eigenvalue weighted by atomic mass is 16.5. The molecular weight excluding hydrogens is 224 g/mol. The Labute approximate surface area is 108 Å². The SMILES string of the molecule is CC1(NCc2cccc3cc[nH]c23)CCCOC1. The second kappa shape index (κ2) is 4.75. The Morgan fingerprint density at radius 3 is 3.17 bits per heavy atom. The number of ether oxygens (including phenoxy) is 1. The Morgan fingerprint density at radius 2 is 2.33 bits per heavy atom. The normalized spacial score (nSPS) is 24.5. The number of hydrogen-bond acceptors (Lipinski definition) is 2. The first-order valence-corrected chi connectivity index (χ1v) is 6.65. The van der Waals surface area contributed by atoms with Gasteiger partial charge < -0.3 is 15.0 Å². The van der Waals surface area contributed by atoms with E-state index in [-0.39, 0.29) is 5.54 Å². The van der Waals surface area contributed by atoms with Gasteiger partial charge in [-0.25, -0.2) is 0 Å². The van der Waals surface area contributed by atoms with Gasteiger partial charge in [0.25, 0.3) is 0 Å². The average Bonchev–Trinajstić information content (AvgIpc) is 2.86. The van der Waals surface area contributed by atoms with Crippen molar-refractivity contribution in [3.8, 4) is 0 Å². The van der Waals surface area contributed by atoms with Gasteiger partial charge in [0, 0.05) is 30.4 Å². The summed E-state index contributed by atoms with van der Waals surface area (Å²) in [6.45, 7) is 4.86. The fourth-order valence-electron chi connectivity index (χ4n) is 2.68. The van der Waals surface area contributed by atoms with E-state index in [2.05, 4.69) is 41.5 Å². The molecule has 0 bridgehead atoms. The van der Waals surface area contributed by atoms with Crippen LogP contribution in [0.4, 0.5) is 0 Å². The zero-order valence-corrected chi connectivity index (χ0v) is 10.8. The van der Waals surface area contributed by atoms with E-state index in [1.165, 1.54) is 22.9 Å². The fourth-order valence-corrected chi connectivity index (χ4v) is 2.68. The third-order valence-electron chi connectivity index (χ3n) is 3.82. The van der Waals surface area contributed by atoms with Gasteiger partial charge in [-0.15, -0.1) is 0 Å². The van der Waals surface area contributed by atoms with Crippen LogP contribution in [0.3, 0.4) is 0 Å². The minimum absolute atomic E-state index is 0.118. The van der Waals surface area contributed by atoms with Crippen molar-refractivity contribution < 1.29 is 4.74 Å². The summed E-state index contributed by atoms with van der Waals surface area (Å²) in [5, 5.41) is 4.93. The van der Waals surface area contributed by atoms with Gasteiger partial charge in [-0.2, -0.15) is 0 Å². The smallest absolute Gasteiger partial charge is 0.0645 e. The molecule has 2 aromatic rings.